The van der Waals surface area contributed by atoms with Gasteiger partial charge in [0.05, 0.1) is 26.5 Å². The average Bonchev–Trinajstić information content (AvgIpc) is 2.63. The molecule has 0 aliphatic heterocycles. The Labute approximate surface area is 184 Å². The third-order valence-corrected chi connectivity index (χ3v) is 4.72. The molecule has 0 aromatic heterocycles. The van der Waals surface area contributed by atoms with Gasteiger partial charge in [0.15, 0.2) is 5.96 Å². The average molecular weight is 527 g/mol. The number of esters is 1. The molecule has 1 rings (SSSR count). The summed E-state index contributed by atoms with van der Waals surface area (Å²) in [5, 5.41) is 6.32. The molecule has 2 N–H and O–H groups in total. The van der Waals surface area contributed by atoms with E-state index in [0.717, 1.165) is 5.56 Å². The van der Waals surface area contributed by atoms with Crippen molar-refractivity contribution in [3.63, 3.8) is 0 Å². The van der Waals surface area contributed by atoms with Crippen LogP contribution in [0, 0.1) is 0 Å². The Bertz CT molecular complexity index is 768. The Kier molecular flexibility index (Phi) is 12.1. The molecule has 0 amide bonds. The van der Waals surface area contributed by atoms with E-state index in [4.69, 9.17) is 9.47 Å². The molecule has 10 heteroatoms. The summed E-state index contributed by atoms with van der Waals surface area (Å²) in [7, 11) is -0.193. The molecule has 0 bridgehead atoms. The van der Waals surface area contributed by atoms with Gasteiger partial charge in [-0.2, -0.15) is 0 Å². The topological polar surface area (TPSA) is 106 Å². The predicted molar refractivity (Wildman–Crippen MR) is 121 cm³/mol. The van der Waals surface area contributed by atoms with Gasteiger partial charge in [0, 0.05) is 18.8 Å². The lowest BCUT2D eigenvalue weighted by molar-refractivity contribution is 0.0597. The third kappa shape index (κ3) is 9.58. The Morgan fingerprint density at radius 3 is 2.50 bits per heavy atom. The van der Waals surface area contributed by atoms with Gasteiger partial charge < -0.3 is 20.1 Å². The highest BCUT2D eigenvalue weighted by Gasteiger charge is 2.14. The zero-order chi connectivity index (χ0) is 20.4. The lowest BCUT2D eigenvalue weighted by Gasteiger charge is -2.17. The summed E-state index contributed by atoms with van der Waals surface area (Å²) in [5.41, 5.74) is 1.16. The molecule has 0 spiro atoms. The number of ether oxygens (including phenoxy) is 2. The molecule has 160 valence electrons. The molecule has 0 heterocycles. The van der Waals surface area contributed by atoms with Gasteiger partial charge in [-0.3, -0.25) is 0 Å². The van der Waals surface area contributed by atoms with E-state index < -0.39 is 15.8 Å². The van der Waals surface area contributed by atoms with Crippen molar-refractivity contribution in [2.45, 2.75) is 32.9 Å². The van der Waals surface area contributed by atoms with Crippen molar-refractivity contribution in [3.05, 3.63) is 29.3 Å². The second kappa shape index (κ2) is 12.8. The molecule has 8 nitrogen and oxygen atoms in total. The number of sulfone groups is 1. The molecule has 1 aromatic rings. The number of benzene rings is 1. The maximum Gasteiger partial charge on any atom is 0.341 e. The predicted octanol–water partition coefficient (Wildman–Crippen LogP) is 1.98. The lowest BCUT2D eigenvalue weighted by Crippen LogP contribution is -2.42. The van der Waals surface area contributed by atoms with Crippen molar-refractivity contribution in [2.24, 2.45) is 4.99 Å². The first-order valence-corrected chi connectivity index (χ1v) is 10.7. The standard InChI is InChI=1S/C18H29N3O5S.HI/c1-6-19-18(21-13(2)9-10-27(5,23)24)20-12-14-7-8-16(25-3)15(11-14)17(22)26-4;/h7-8,11,13H,6,9-10,12H2,1-5H3,(H2,19,20,21);1H. The van der Waals surface area contributed by atoms with Gasteiger partial charge in [0.25, 0.3) is 0 Å². The van der Waals surface area contributed by atoms with E-state index in [2.05, 4.69) is 15.6 Å². The second-order valence-electron chi connectivity index (χ2n) is 6.19. The Balaban J connectivity index is 0.00000729. The summed E-state index contributed by atoms with van der Waals surface area (Å²) in [6.07, 6.45) is 1.71. The van der Waals surface area contributed by atoms with Crippen LogP contribution in [0.5, 0.6) is 5.75 Å². The first-order chi connectivity index (χ1) is 12.7. The molecule has 0 fully saturated rings. The fourth-order valence-electron chi connectivity index (χ4n) is 2.31. The molecule has 1 aromatic carbocycles. The third-order valence-electron chi connectivity index (χ3n) is 3.74. The monoisotopic (exact) mass is 527 g/mol. The smallest absolute Gasteiger partial charge is 0.341 e. The summed E-state index contributed by atoms with van der Waals surface area (Å²) in [4.78, 5) is 16.4. The van der Waals surface area contributed by atoms with Crippen molar-refractivity contribution in [3.8, 4) is 5.75 Å². The van der Waals surface area contributed by atoms with Crippen LogP contribution in [0.4, 0.5) is 0 Å². The molecular weight excluding hydrogens is 497 g/mol. The number of nitrogens with one attached hydrogen (secondary N) is 2. The number of halogens is 1. The van der Waals surface area contributed by atoms with Crippen LogP contribution in [-0.2, 0) is 21.1 Å². The van der Waals surface area contributed by atoms with Gasteiger partial charge in [0.2, 0.25) is 0 Å². The van der Waals surface area contributed by atoms with Gasteiger partial charge in [-0.1, -0.05) is 6.07 Å². The Hall–Kier alpha value is -1.56. The van der Waals surface area contributed by atoms with Gasteiger partial charge >= 0.3 is 5.97 Å². The Morgan fingerprint density at radius 1 is 1.29 bits per heavy atom. The van der Waals surface area contributed by atoms with E-state index >= 15 is 0 Å². The van der Waals surface area contributed by atoms with E-state index in [1.54, 1.807) is 12.1 Å². The molecule has 0 radical (unpaired) electrons. The normalized spacial score (nSPS) is 12.5. The number of carbonyl (C=O) groups is 1. The van der Waals surface area contributed by atoms with Gasteiger partial charge in [0.1, 0.15) is 21.2 Å². The van der Waals surface area contributed by atoms with Crippen LogP contribution in [0.3, 0.4) is 0 Å². The summed E-state index contributed by atoms with van der Waals surface area (Å²) in [6, 6.07) is 5.15. The highest BCUT2D eigenvalue weighted by atomic mass is 127. The van der Waals surface area contributed by atoms with Crippen LogP contribution in [0.15, 0.2) is 23.2 Å². The Morgan fingerprint density at radius 2 is 1.96 bits per heavy atom. The summed E-state index contributed by atoms with van der Waals surface area (Å²) >= 11 is 0. The molecule has 28 heavy (non-hydrogen) atoms. The number of hydrogen-bond donors (Lipinski definition) is 2. The van der Waals surface area contributed by atoms with Crippen LogP contribution in [0.2, 0.25) is 0 Å². The minimum absolute atomic E-state index is 0. The van der Waals surface area contributed by atoms with Crippen LogP contribution in [0.1, 0.15) is 36.2 Å². The van der Waals surface area contributed by atoms with Gasteiger partial charge in [-0.25, -0.2) is 18.2 Å². The van der Waals surface area contributed by atoms with Crippen molar-refractivity contribution < 1.29 is 22.7 Å². The molecule has 0 saturated carbocycles. The molecule has 1 unspecified atom stereocenters. The fraction of sp³-hybridized carbons (Fsp3) is 0.556. The van der Waals surface area contributed by atoms with Gasteiger partial charge in [-0.15, -0.1) is 24.0 Å². The molecule has 1 atom stereocenters. The first kappa shape index (κ1) is 26.4. The summed E-state index contributed by atoms with van der Waals surface area (Å²) < 4.78 is 32.6. The van der Waals surface area contributed by atoms with Crippen LogP contribution < -0.4 is 15.4 Å². The van der Waals surface area contributed by atoms with Crippen LogP contribution in [0.25, 0.3) is 0 Å². The highest BCUT2D eigenvalue weighted by molar-refractivity contribution is 14.0. The van der Waals surface area contributed by atoms with Crippen molar-refractivity contribution in [1.29, 1.82) is 0 Å². The number of rotatable bonds is 9. The maximum absolute atomic E-state index is 11.9. The number of hydrogen-bond acceptors (Lipinski definition) is 6. The van der Waals surface area contributed by atoms with E-state index in [1.165, 1.54) is 20.5 Å². The van der Waals surface area contributed by atoms with Crippen LogP contribution in [-0.4, -0.2) is 59.2 Å². The first-order valence-electron chi connectivity index (χ1n) is 8.68. The minimum atomic E-state index is -3.00. The van der Waals surface area contributed by atoms with E-state index in [1.807, 2.05) is 19.9 Å². The fourth-order valence-corrected chi connectivity index (χ4v) is 3.09. The van der Waals surface area contributed by atoms with E-state index in [-0.39, 0.29) is 35.8 Å². The van der Waals surface area contributed by atoms with E-state index in [9.17, 15) is 13.2 Å². The zero-order valence-electron chi connectivity index (χ0n) is 16.9. The maximum atomic E-state index is 11.9. The van der Waals surface area contributed by atoms with E-state index in [0.29, 0.717) is 36.8 Å². The highest BCUT2D eigenvalue weighted by Crippen LogP contribution is 2.21. The number of aliphatic imine (C=N–C) groups is 1. The molecule has 0 saturated heterocycles. The van der Waals surface area contributed by atoms with Crippen molar-refractivity contribution in [2.75, 3.05) is 32.8 Å². The number of guanidine groups is 1. The zero-order valence-corrected chi connectivity index (χ0v) is 20.1. The van der Waals surface area contributed by atoms with Crippen molar-refractivity contribution >= 4 is 45.7 Å². The second-order valence-corrected chi connectivity index (χ2v) is 8.45. The number of carbonyl (C=O) groups excluding carboxylic acids is 1. The van der Waals surface area contributed by atoms with Gasteiger partial charge in [-0.05, 0) is 38.0 Å². The molecule has 0 aliphatic carbocycles. The molecular formula is C18H30IN3O5S. The molecule has 0 aliphatic rings. The summed E-state index contributed by atoms with van der Waals surface area (Å²) in [6.45, 7) is 4.85. The SMILES string of the molecule is CCNC(=NCc1ccc(OC)c(C(=O)OC)c1)NC(C)CCS(C)(=O)=O.I. The van der Waals surface area contributed by atoms with Crippen molar-refractivity contribution in [1.82, 2.24) is 10.6 Å². The number of methoxy groups -OCH3 is 2. The largest absolute Gasteiger partial charge is 0.496 e. The summed E-state index contributed by atoms with van der Waals surface area (Å²) in [5.74, 6) is 0.654. The lowest BCUT2D eigenvalue weighted by atomic mass is 10.1. The quantitative estimate of drug-likeness (QED) is 0.219. The van der Waals surface area contributed by atoms with Crippen LogP contribution >= 0.6 is 24.0 Å². The minimum Gasteiger partial charge on any atom is -0.496 e. The number of nitrogens with zero attached hydrogens (tertiary/aromatic N) is 1.